The number of ether oxygens (including phenoxy) is 2. The highest BCUT2D eigenvalue weighted by Crippen LogP contribution is 2.45. The second kappa shape index (κ2) is 4.14. The van der Waals surface area contributed by atoms with Crippen LogP contribution in [0.2, 0.25) is 0 Å². The van der Waals surface area contributed by atoms with Crippen molar-refractivity contribution in [1.29, 1.82) is 0 Å². The molecule has 1 fully saturated rings. The van der Waals surface area contributed by atoms with Gasteiger partial charge in [0.05, 0.1) is 19.8 Å². The van der Waals surface area contributed by atoms with Crippen LogP contribution in [0.3, 0.4) is 0 Å². The minimum Gasteiger partial charge on any atom is -0.494 e. The third-order valence-electron chi connectivity index (χ3n) is 3.32. The van der Waals surface area contributed by atoms with E-state index in [-0.39, 0.29) is 17.1 Å². The Labute approximate surface area is 98.5 Å². The number of halogens is 2. The first-order valence-corrected chi connectivity index (χ1v) is 5.43. The van der Waals surface area contributed by atoms with Gasteiger partial charge in [-0.2, -0.15) is 0 Å². The van der Waals surface area contributed by atoms with Crippen molar-refractivity contribution in [1.82, 2.24) is 0 Å². The maximum Gasteiger partial charge on any atom is 0.173 e. The number of hydrogen-bond acceptors (Lipinski definition) is 3. The first kappa shape index (κ1) is 12.1. The van der Waals surface area contributed by atoms with Gasteiger partial charge in [0.15, 0.2) is 23.1 Å². The summed E-state index contributed by atoms with van der Waals surface area (Å²) < 4.78 is 37.9. The Morgan fingerprint density at radius 3 is 1.88 bits per heavy atom. The fourth-order valence-corrected chi connectivity index (χ4v) is 2.13. The highest BCUT2D eigenvalue weighted by atomic mass is 19.1. The molecular weight excluding hydrogens is 228 g/mol. The molecule has 1 aliphatic rings. The van der Waals surface area contributed by atoms with E-state index >= 15 is 0 Å². The van der Waals surface area contributed by atoms with Crippen molar-refractivity contribution in [2.45, 2.75) is 24.8 Å². The van der Waals surface area contributed by atoms with Crippen LogP contribution >= 0.6 is 0 Å². The second-order valence-electron chi connectivity index (χ2n) is 4.29. The molecule has 1 aliphatic carbocycles. The van der Waals surface area contributed by atoms with Gasteiger partial charge in [0, 0.05) is 11.6 Å². The predicted molar refractivity (Wildman–Crippen MR) is 59.2 cm³/mol. The first-order valence-electron chi connectivity index (χ1n) is 5.43. The van der Waals surface area contributed by atoms with E-state index in [1.165, 1.54) is 20.3 Å². The topological polar surface area (TPSA) is 44.5 Å². The number of benzene rings is 1. The average molecular weight is 243 g/mol. The second-order valence-corrected chi connectivity index (χ2v) is 4.29. The number of nitrogens with two attached hydrogens (primary N) is 1. The fourth-order valence-electron chi connectivity index (χ4n) is 2.13. The lowest BCUT2D eigenvalue weighted by molar-refractivity contribution is 0.228. The molecule has 2 N–H and O–H groups in total. The summed E-state index contributed by atoms with van der Waals surface area (Å²) in [6.07, 6.45) is 2.00. The molecule has 0 aliphatic heterocycles. The summed E-state index contributed by atoms with van der Waals surface area (Å²) in [4.78, 5) is 0. The monoisotopic (exact) mass is 243 g/mol. The van der Waals surface area contributed by atoms with Crippen molar-refractivity contribution in [2.75, 3.05) is 14.2 Å². The Morgan fingerprint density at radius 1 is 1.12 bits per heavy atom. The van der Waals surface area contributed by atoms with Gasteiger partial charge >= 0.3 is 0 Å². The zero-order chi connectivity index (χ0) is 12.6. The molecule has 0 heterocycles. The summed E-state index contributed by atoms with van der Waals surface area (Å²) in [6.45, 7) is 0. The van der Waals surface area contributed by atoms with Gasteiger partial charge in [0.1, 0.15) is 0 Å². The molecule has 3 nitrogen and oxygen atoms in total. The highest BCUT2D eigenvalue weighted by Gasteiger charge is 2.41. The zero-order valence-corrected chi connectivity index (χ0v) is 9.85. The number of hydrogen-bond donors (Lipinski definition) is 1. The Balaban J connectivity index is 2.62. The molecule has 0 radical (unpaired) electrons. The van der Waals surface area contributed by atoms with Crippen LogP contribution in [0.25, 0.3) is 0 Å². The van der Waals surface area contributed by atoms with Crippen LogP contribution in [0.15, 0.2) is 6.07 Å². The van der Waals surface area contributed by atoms with Gasteiger partial charge in [-0.1, -0.05) is 0 Å². The van der Waals surface area contributed by atoms with E-state index in [9.17, 15) is 8.78 Å². The molecule has 0 aromatic heterocycles. The van der Waals surface area contributed by atoms with Gasteiger partial charge in [-0.15, -0.1) is 0 Å². The maximum atomic E-state index is 14.1. The third kappa shape index (κ3) is 1.74. The van der Waals surface area contributed by atoms with Gasteiger partial charge in [-0.05, 0) is 19.3 Å². The lowest BCUT2D eigenvalue weighted by atomic mass is 9.72. The molecule has 0 amide bonds. The smallest absolute Gasteiger partial charge is 0.173 e. The van der Waals surface area contributed by atoms with Crippen LogP contribution < -0.4 is 15.2 Å². The van der Waals surface area contributed by atoms with Crippen LogP contribution in [0.1, 0.15) is 24.8 Å². The van der Waals surface area contributed by atoms with Gasteiger partial charge in [-0.3, -0.25) is 0 Å². The summed E-state index contributed by atoms with van der Waals surface area (Å²) in [6, 6.07) is 1.19. The number of rotatable bonds is 3. The molecular formula is C12H15F2NO2. The van der Waals surface area contributed by atoms with Crippen LogP contribution in [0.5, 0.6) is 11.5 Å². The quantitative estimate of drug-likeness (QED) is 0.886. The van der Waals surface area contributed by atoms with E-state index in [2.05, 4.69) is 0 Å². The van der Waals surface area contributed by atoms with Crippen molar-refractivity contribution >= 4 is 0 Å². The van der Waals surface area contributed by atoms with Crippen molar-refractivity contribution < 1.29 is 18.3 Å². The van der Waals surface area contributed by atoms with E-state index in [1.807, 2.05) is 0 Å². The lowest BCUT2D eigenvalue weighted by Gasteiger charge is -2.39. The summed E-state index contributed by atoms with van der Waals surface area (Å²) >= 11 is 0. The highest BCUT2D eigenvalue weighted by molar-refractivity contribution is 5.45. The largest absolute Gasteiger partial charge is 0.494 e. The van der Waals surface area contributed by atoms with Crippen molar-refractivity contribution in [3.63, 3.8) is 0 Å². The van der Waals surface area contributed by atoms with E-state index < -0.39 is 17.2 Å². The van der Waals surface area contributed by atoms with Crippen LogP contribution in [0.4, 0.5) is 8.78 Å². The van der Waals surface area contributed by atoms with E-state index in [4.69, 9.17) is 15.2 Å². The summed E-state index contributed by atoms with van der Waals surface area (Å²) in [5.41, 5.74) is 4.92. The Hall–Kier alpha value is -1.36. The van der Waals surface area contributed by atoms with Crippen LogP contribution in [-0.2, 0) is 5.54 Å². The van der Waals surface area contributed by atoms with Crippen molar-refractivity contribution in [2.24, 2.45) is 5.73 Å². The lowest BCUT2D eigenvalue weighted by Crippen LogP contribution is -2.45. The Morgan fingerprint density at radius 2 is 1.59 bits per heavy atom. The molecule has 0 bridgehead atoms. The normalized spacial score (nSPS) is 17.5. The molecule has 5 heteroatoms. The standard InChI is InChI=1S/C12H15F2NO2/c1-16-7-6-8(17-2)11(14)9(10(7)13)12(15)4-3-5-12/h6H,3-5,15H2,1-2H3. The molecule has 0 unspecified atom stereocenters. The Bertz CT molecular complexity index is 416. The van der Waals surface area contributed by atoms with Crippen LogP contribution in [0, 0.1) is 11.6 Å². The SMILES string of the molecule is COc1cc(OC)c(F)c(C2(N)CCC2)c1F. The summed E-state index contributed by atoms with van der Waals surface area (Å²) in [5.74, 6) is -1.55. The molecule has 1 aromatic rings. The minimum atomic E-state index is -0.935. The van der Waals surface area contributed by atoms with Gasteiger partial charge < -0.3 is 15.2 Å². The van der Waals surface area contributed by atoms with E-state index in [0.29, 0.717) is 12.8 Å². The van der Waals surface area contributed by atoms with E-state index in [0.717, 1.165) is 6.42 Å². The van der Waals surface area contributed by atoms with Gasteiger partial charge in [0.2, 0.25) is 0 Å². The molecule has 17 heavy (non-hydrogen) atoms. The maximum absolute atomic E-state index is 14.1. The summed E-state index contributed by atoms with van der Waals surface area (Å²) in [7, 11) is 2.65. The number of methoxy groups -OCH3 is 2. The predicted octanol–water partition coefficient (Wildman–Crippen LogP) is 2.32. The van der Waals surface area contributed by atoms with Crippen molar-refractivity contribution in [3.05, 3.63) is 23.3 Å². The minimum absolute atomic E-state index is 0.0463. The Kier molecular flexibility index (Phi) is 2.95. The van der Waals surface area contributed by atoms with E-state index in [1.54, 1.807) is 0 Å². The summed E-state index contributed by atoms with van der Waals surface area (Å²) in [5, 5.41) is 0. The van der Waals surface area contributed by atoms with Crippen molar-refractivity contribution in [3.8, 4) is 11.5 Å². The molecule has 2 rings (SSSR count). The average Bonchev–Trinajstić information content (AvgIpc) is 2.27. The van der Waals surface area contributed by atoms with Gasteiger partial charge in [-0.25, -0.2) is 8.78 Å². The molecule has 1 saturated carbocycles. The molecule has 94 valence electrons. The zero-order valence-electron chi connectivity index (χ0n) is 9.85. The molecule has 0 saturated heterocycles. The molecule has 0 atom stereocenters. The third-order valence-corrected chi connectivity index (χ3v) is 3.32. The van der Waals surface area contributed by atoms with Crippen LogP contribution in [-0.4, -0.2) is 14.2 Å². The molecule has 0 spiro atoms. The fraction of sp³-hybridized carbons (Fsp3) is 0.500. The van der Waals surface area contributed by atoms with Gasteiger partial charge in [0.25, 0.3) is 0 Å². The first-order chi connectivity index (χ1) is 8.03. The molecule has 1 aromatic carbocycles.